The molecule has 0 saturated carbocycles. The van der Waals surface area contributed by atoms with Crippen molar-refractivity contribution in [3.05, 3.63) is 17.6 Å². The number of carbonyl (C=O) groups is 1. The zero-order chi connectivity index (χ0) is 13.1. The largest absolute Gasteiger partial charge is 0.479 e. The summed E-state index contributed by atoms with van der Waals surface area (Å²) < 4.78 is 5.39. The predicted octanol–water partition coefficient (Wildman–Crippen LogP) is 1.14. The van der Waals surface area contributed by atoms with Gasteiger partial charge in [-0.2, -0.15) is 0 Å². The fraction of sp³-hybridized carbons (Fsp3) is 0.583. The SMILES string of the molecule is Cc1ncc(NCC2CCC(C(=O)O)O2)nc1C. The number of rotatable bonds is 4. The van der Waals surface area contributed by atoms with Crippen LogP contribution in [0.2, 0.25) is 0 Å². The molecule has 2 heterocycles. The van der Waals surface area contributed by atoms with E-state index >= 15 is 0 Å². The minimum Gasteiger partial charge on any atom is -0.479 e. The van der Waals surface area contributed by atoms with Crippen molar-refractivity contribution in [1.82, 2.24) is 9.97 Å². The van der Waals surface area contributed by atoms with Crippen LogP contribution >= 0.6 is 0 Å². The highest BCUT2D eigenvalue weighted by Gasteiger charge is 2.30. The van der Waals surface area contributed by atoms with Crippen molar-refractivity contribution in [2.75, 3.05) is 11.9 Å². The predicted molar refractivity (Wildman–Crippen MR) is 65.5 cm³/mol. The van der Waals surface area contributed by atoms with Crippen LogP contribution in [0.1, 0.15) is 24.2 Å². The van der Waals surface area contributed by atoms with Crippen molar-refractivity contribution in [2.24, 2.45) is 0 Å². The van der Waals surface area contributed by atoms with Crippen molar-refractivity contribution in [3.63, 3.8) is 0 Å². The Bertz CT molecular complexity index is 450. The molecule has 0 spiro atoms. The molecule has 18 heavy (non-hydrogen) atoms. The van der Waals surface area contributed by atoms with Gasteiger partial charge in [0.25, 0.3) is 0 Å². The lowest BCUT2D eigenvalue weighted by Gasteiger charge is -2.13. The molecule has 0 amide bonds. The second kappa shape index (κ2) is 5.30. The first-order valence-corrected chi connectivity index (χ1v) is 5.98. The summed E-state index contributed by atoms with van der Waals surface area (Å²) in [7, 11) is 0. The van der Waals surface area contributed by atoms with E-state index in [9.17, 15) is 4.79 Å². The number of hydrogen-bond donors (Lipinski definition) is 2. The van der Waals surface area contributed by atoms with Crippen molar-refractivity contribution in [1.29, 1.82) is 0 Å². The Hall–Kier alpha value is -1.69. The number of ether oxygens (including phenoxy) is 1. The van der Waals surface area contributed by atoms with Crippen LogP contribution in [0.4, 0.5) is 5.82 Å². The minimum atomic E-state index is -0.886. The van der Waals surface area contributed by atoms with Gasteiger partial charge in [0.05, 0.1) is 23.7 Å². The first-order chi connectivity index (χ1) is 8.56. The first-order valence-electron chi connectivity index (χ1n) is 5.98. The lowest BCUT2D eigenvalue weighted by Crippen LogP contribution is -2.24. The molecule has 2 N–H and O–H groups in total. The Kier molecular flexibility index (Phi) is 3.76. The van der Waals surface area contributed by atoms with Gasteiger partial charge in [-0.05, 0) is 26.7 Å². The van der Waals surface area contributed by atoms with E-state index in [1.54, 1.807) is 6.20 Å². The van der Waals surface area contributed by atoms with Gasteiger partial charge in [0, 0.05) is 6.54 Å². The van der Waals surface area contributed by atoms with E-state index in [0.717, 1.165) is 17.8 Å². The fourth-order valence-electron chi connectivity index (χ4n) is 1.88. The highest BCUT2D eigenvalue weighted by atomic mass is 16.5. The summed E-state index contributed by atoms with van der Waals surface area (Å²) in [5.74, 6) is -0.191. The zero-order valence-electron chi connectivity index (χ0n) is 10.5. The van der Waals surface area contributed by atoms with Gasteiger partial charge >= 0.3 is 5.97 Å². The van der Waals surface area contributed by atoms with Gasteiger partial charge in [-0.25, -0.2) is 9.78 Å². The third-order valence-electron chi connectivity index (χ3n) is 3.09. The number of anilines is 1. The molecule has 6 heteroatoms. The summed E-state index contributed by atoms with van der Waals surface area (Å²) in [5.41, 5.74) is 1.79. The highest BCUT2D eigenvalue weighted by Crippen LogP contribution is 2.20. The standard InChI is InChI=1S/C12H17N3O3/c1-7-8(2)15-11(6-13-7)14-5-9-3-4-10(18-9)12(16)17/h6,9-10H,3-5H2,1-2H3,(H,14,15)(H,16,17). The van der Waals surface area contributed by atoms with Crippen molar-refractivity contribution < 1.29 is 14.6 Å². The maximum atomic E-state index is 10.7. The molecule has 6 nitrogen and oxygen atoms in total. The molecule has 1 aromatic heterocycles. The molecule has 0 aromatic carbocycles. The molecule has 0 aliphatic carbocycles. The molecule has 1 aliphatic heterocycles. The van der Waals surface area contributed by atoms with Gasteiger partial charge in [0.15, 0.2) is 6.10 Å². The lowest BCUT2D eigenvalue weighted by molar-refractivity contribution is -0.149. The van der Waals surface area contributed by atoms with Gasteiger partial charge in [0.1, 0.15) is 5.82 Å². The van der Waals surface area contributed by atoms with Gasteiger partial charge in [-0.15, -0.1) is 0 Å². The number of nitrogens with zero attached hydrogens (tertiary/aromatic N) is 2. The Morgan fingerprint density at radius 1 is 1.50 bits per heavy atom. The maximum absolute atomic E-state index is 10.7. The van der Waals surface area contributed by atoms with E-state index in [4.69, 9.17) is 9.84 Å². The number of aromatic nitrogens is 2. The van der Waals surface area contributed by atoms with E-state index in [-0.39, 0.29) is 6.10 Å². The lowest BCUT2D eigenvalue weighted by atomic mass is 10.2. The van der Waals surface area contributed by atoms with Crippen LogP contribution in [0.25, 0.3) is 0 Å². The molecule has 0 bridgehead atoms. The third kappa shape index (κ3) is 2.95. The second-order valence-corrected chi connectivity index (χ2v) is 4.47. The van der Waals surface area contributed by atoms with E-state index in [1.807, 2.05) is 13.8 Å². The molecule has 1 fully saturated rings. The van der Waals surface area contributed by atoms with E-state index in [0.29, 0.717) is 18.8 Å². The summed E-state index contributed by atoms with van der Waals surface area (Å²) in [6.45, 7) is 4.37. The normalized spacial score (nSPS) is 23.0. The first kappa shape index (κ1) is 12.8. The zero-order valence-corrected chi connectivity index (χ0v) is 10.5. The minimum absolute atomic E-state index is 0.0745. The summed E-state index contributed by atoms with van der Waals surface area (Å²) in [4.78, 5) is 19.3. The molecular weight excluding hydrogens is 234 g/mol. The molecule has 2 rings (SSSR count). The molecule has 0 radical (unpaired) electrons. The van der Waals surface area contributed by atoms with Crippen LogP contribution in [0.5, 0.6) is 0 Å². The molecule has 1 aliphatic rings. The second-order valence-electron chi connectivity index (χ2n) is 4.47. The van der Waals surface area contributed by atoms with Crippen LogP contribution in [-0.2, 0) is 9.53 Å². The Balaban J connectivity index is 1.85. The number of nitrogens with one attached hydrogen (secondary N) is 1. The van der Waals surface area contributed by atoms with Gasteiger partial charge in [-0.3, -0.25) is 4.98 Å². The number of aryl methyl sites for hydroxylation is 2. The Morgan fingerprint density at radius 3 is 2.89 bits per heavy atom. The van der Waals surface area contributed by atoms with Gasteiger partial charge < -0.3 is 15.2 Å². The molecule has 2 unspecified atom stereocenters. The van der Waals surface area contributed by atoms with Crippen molar-refractivity contribution in [3.8, 4) is 0 Å². The summed E-state index contributed by atoms with van der Waals surface area (Å²) >= 11 is 0. The highest BCUT2D eigenvalue weighted by molar-refractivity contribution is 5.72. The molecule has 2 atom stereocenters. The number of hydrogen-bond acceptors (Lipinski definition) is 5. The van der Waals surface area contributed by atoms with Crippen LogP contribution in [0.3, 0.4) is 0 Å². The number of aliphatic carboxylic acids is 1. The molecule has 1 saturated heterocycles. The van der Waals surface area contributed by atoms with E-state index in [1.165, 1.54) is 0 Å². The van der Waals surface area contributed by atoms with Crippen molar-refractivity contribution >= 4 is 11.8 Å². The van der Waals surface area contributed by atoms with Crippen molar-refractivity contribution in [2.45, 2.75) is 38.9 Å². The van der Waals surface area contributed by atoms with Crippen LogP contribution in [-0.4, -0.2) is 39.8 Å². The maximum Gasteiger partial charge on any atom is 0.332 e. The van der Waals surface area contributed by atoms with E-state index in [2.05, 4.69) is 15.3 Å². The number of carboxylic acids is 1. The summed E-state index contributed by atoms with van der Waals surface area (Å²) in [6.07, 6.45) is 2.26. The molecule has 1 aromatic rings. The Morgan fingerprint density at radius 2 is 2.28 bits per heavy atom. The molecular formula is C12H17N3O3. The quantitative estimate of drug-likeness (QED) is 0.834. The average Bonchev–Trinajstić information content (AvgIpc) is 2.79. The smallest absolute Gasteiger partial charge is 0.332 e. The van der Waals surface area contributed by atoms with E-state index < -0.39 is 12.1 Å². The monoisotopic (exact) mass is 251 g/mol. The van der Waals surface area contributed by atoms with Crippen LogP contribution in [0.15, 0.2) is 6.20 Å². The van der Waals surface area contributed by atoms with Crippen LogP contribution in [0, 0.1) is 13.8 Å². The Labute approximate surface area is 105 Å². The average molecular weight is 251 g/mol. The number of carboxylic acid groups (broad SMARTS) is 1. The fourth-order valence-corrected chi connectivity index (χ4v) is 1.88. The molecule has 98 valence electrons. The summed E-state index contributed by atoms with van der Waals surface area (Å²) in [5, 5.41) is 11.9. The van der Waals surface area contributed by atoms with Crippen LogP contribution < -0.4 is 5.32 Å². The van der Waals surface area contributed by atoms with Gasteiger partial charge in [0.2, 0.25) is 0 Å². The third-order valence-corrected chi connectivity index (χ3v) is 3.09. The summed E-state index contributed by atoms with van der Waals surface area (Å²) in [6, 6.07) is 0. The van der Waals surface area contributed by atoms with Gasteiger partial charge in [-0.1, -0.05) is 0 Å². The topological polar surface area (TPSA) is 84.3 Å².